The average molecular weight is 292 g/mol. The minimum Gasteiger partial charge on any atom is -0.381 e. The molecule has 1 amide bonds. The average Bonchev–Trinajstić information content (AvgIpc) is 2.97. The number of carbonyl (C=O) groups is 1. The van der Waals surface area contributed by atoms with Crippen LogP contribution >= 0.6 is 0 Å². The van der Waals surface area contributed by atoms with E-state index < -0.39 is 0 Å². The summed E-state index contributed by atoms with van der Waals surface area (Å²) in [5.74, 6) is 0.947. The summed E-state index contributed by atoms with van der Waals surface area (Å²) in [6.45, 7) is 6.68. The largest absolute Gasteiger partial charge is 0.381 e. The van der Waals surface area contributed by atoms with Crippen molar-refractivity contribution in [2.45, 2.75) is 44.6 Å². The lowest BCUT2D eigenvalue weighted by atomic mass is 9.75. The number of likely N-dealkylation sites (tertiary alicyclic amines) is 2. The number of hydrogen-bond acceptors (Lipinski definition) is 3. The molecule has 3 aliphatic rings. The number of amides is 1. The lowest BCUT2D eigenvalue weighted by molar-refractivity contribution is -0.147. The Labute approximate surface area is 128 Å². The van der Waals surface area contributed by atoms with Crippen molar-refractivity contribution in [2.24, 2.45) is 5.92 Å². The van der Waals surface area contributed by atoms with Crippen LogP contribution in [0.3, 0.4) is 0 Å². The van der Waals surface area contributed by atoms with Gasteiger partial charge >= 0.3 is 0 Å². The summed E-state index contributed by atoms with van der Waals surface area (Å²) in [4.78, 5) is 17.0. The molecule has 1 aliphatic carbocycles. The summed E-state index contributed by atoms with van der Waals surface area (Å²) < 4.78 is 5.62. The molecule has 2 heterocycles. The van der Waals surface area contributed by atoms with Gasteiger partial charge in [-0.25, -0.2) is 0 Å². The number of allylic oxidation sites excluding steroid dienone is 1. The van der Waals surface area contributed by atoms with E-state index in [1.807, 2.05) is 0 Å². The summed E-state index contributed by atoms with van der Waals surface area (Å²) in [5, 5.41) is 0. The Kier molecular flexibility index (Phi) is 4.36. The highest BCUT2D eigenvalue weighted by atomic mass is 16.5. The number of ether oxygens (including phenoxy) is 1. The Hall–Kier alpha value is -0.870. The molecule has 0 radical (unpaired) electrons. The summed E-state index contributed by atoms with van der Waals surface area (Å²) in [6.07, 6.45) is 7.73. The summed E-state index contributed by atoms with van der Waals surface area (Å²) >= 11 is 0. The predicted octanol–water partition coefficient (Wildman–Crippen LogP) is 2.06. The van der Waals surface area contributed by atoms with E-state index >= 15 is 0 Å². The first kappa shape index (κ1) is 15.0. The van der Waals surface area contributed by atoms with Gasteiger partial charge in [-0.2, -0.15) is 0 Å². The van der Waals surface area contributed by atoms with Crippen molar-refractivity contribution >= 4 is 5.91 Å². The van der Waals surface area contributed by atoms with Crippen molar-refractivity contribution in [3.8, 4) is 0 Å². The molecule has 0 aromatic rings. The molecule has 21 heavy (non-hydrogen) atoms. The first-order valence-electron chi connectivity index (χ1n) is 8.42. The van der Waals surface area contributed by atoms with E-state index in [0.29, 0.717) is 11.8 Å². The lowest BCUT2D eigenvalue weighted by Crippen LogP contribution is -2.72. The highest BCUT2D eigenvalue weighted by Crippen LogP contribution is 2.39. The SMILES string of the molecule is CCOCC1CCN(C)C2(C1)CN(C(=O)C1=CCCC1)C2. The molecule has 0 aromatic heterocycles. The molecule has 1 atom stereocenters. The van der Waals surface area contributed by atoms with Crippen LogP contribution in [-0.2, 0) is 9.53 Å². The molecule has 1 spiro atoms. The third-order valence-corrected chi connectivity index (χ3v) is 5.48. The number of carbonyl (C=O) groups excluding carboxylic acids is 1. The Balaban J connectivity index is 1.57. The zero-order chi connectivity index (χ0) is 14.9. The van der Waals surface area contributed by atoms with Gasteiger partial charge in [-0.1, -0.05) is 6.08 Å². The van der Waals surface area contributed by atoms with Crippen LogP contribution in [0.15, 0.2) is 11.6 Å². The molecule has 1 unspecified atom stereocenters. The van der Waals surface area contributed by atoms with Crippen molar-refractivity contribution < 1.29 is 9.53 Å². The fourth-order valence-electron chi connectivity index (χ4n) is 4.08. The Morgan fingerprint density at radius 2 is 2.29 bits per heavy atom. The smallest absolute Gasteiger partial charge is 0.249 e. The zero-order valence-corrected chi connectivity index (χ0v) is 13.4. The van der Waals surface area contributed by atoms with Crippen molar-refractivity contribution in [1.29, 1.82) is 0 Å². The van der Waals surface area contributed by atoms with Gasteiger partial charge in [0.05, 0.1) is 5.54 Å². The van der Waals surface area contributed by atoms with Gasteiger partial charge in [0.2, 0.25) is 5.91 Å². The quantitative estimate of drug-likeness (QED) is 0.795. The fraction of sp³-hybridized carbons (Fsp3) is 0.824. The molecule has 2 fully saturated rings. The van der Waals surface area contributed by atoms with Crippen LogP contribution in [0.1, 0.15) is 39.0 Å². The molecule has 0 aromatic carbocycles. The summed E-state index contributed by atoms with van der Waals surface area (Å²) in [6, 6.07) is 0. The number of nitrogens with zero attached hydrogens (tertiary/aromatic N) is 2. The third-order valence-electron chi connectivity index (χ3n) is 5.48. The normalized spacial score (nSPS) is 28.6. The maximum Gasteiger partial charge on any atom is 0.249 e. The van der Waals surface area contributed by atoms with E-state index in [9.17, 15) is 4.79 Å². The van der Waals surface area contributed by atoms with Crippen LogP contribution in [0, 0.1) is 5.92 Å². The van der Waals surface area contributed by atoms with E-state index in [0.717, 1.165) is 57.7 Å². The summed E-state index contributed by atoms with van der Waals surface area (Å²) in [5.41, 5.74) is 1.27. The second kappa shape index (κ2) is 6.09. The van der Waals surface area contributed by atoms with Gasteiger partial charge in [-0.3, -0.25) is 9.69 Å². The molecule has 2 saturated heterocycles. The fourth-order valence-corrected chi connectivity index (χ4v) is 4.08. The number of piperidine rings is 1. The van der Waals surface area contributed by atoms with Gasteiger partial charge in [0.1, 0.15) is 0 Å². The first-order chi connectivity index (χ1) is 10.1. The van der Waals surface area contributed by atoms with Gasteiger partial charge in [-0.15, -0.1) is 0 Å². The Morgan fingerprint density at radius 3 is 2.95 bits per heavy atom. The predicted molar refractivity (Wildman–Crippen MR) is 83.1 cm³/mol. The molecular formula is C17H28N2O2. The monoisotopic (exact) mass is 292 g/mol. The van der Waals surface area contributed by atoms with Gasteiger partial charge < -0.3 is 9.64 Å². The molecule has 4 heteroatoms. The molecule has 4 nitrogen and oxygen atoms in total. The van der Waals surface area contributed by atoms with Crippen LogP contribution in [-0.4, -0.2) is 61.1 Å². The topological polar surface area (TPSA) is 32.8 Å². The number of likely N-dealkylation sites (N-methyl/N-ethyl adjacent to an activating group) is 1. The van der Waals surface area contributed by atoms with Crippen LogP contribution in [0.5, 0.6) is 0 Å². The van der Waals surface area contributed by atoms with E-state index in [2.05, 4.69) is 29.8 Å². The second-order valence-electron chi connectivity index (χ2n) is 6.95. The van der Waals surface area contributed by atoms with Gasteiger partial charge in [0.25, 0.3) is 0 Å². The molecule has 0 saturated carbocycles. The van der Waals surface area contributed by atoms with E-state index in [-0.39, 0.29) is 5.54 Å². The first-order valence-corrected chi connectivity index (χ1v) is 8.42. The molecule has 3 rings (SSSR count). The lowest BCUT2D eigenvalue weighted by Gasteiger charge is -2.58. The number of rotatable bonds is 4. The van der Waals surface area contributed by atoms with E-state index in [1.54, 1.807) is 0 Å². The molecule has 2 aliphatic heterocycles. The third kappa shape index (κ3) is 2.88. The Morgan fingerprint density at radius 1 is 1.48 bits per heavy atom. The van der Waals surface area contributed by atoms with E-state index in [1.165, 1.54) is 12.8 Å². The van der Waals surface area contributed by atoms with Gasteiger partial charge in [-0.05, 0) is 58.5 Å². The standard InChI is InChI=1S/C17H28N2O2/c1-3-21-11-14-8-9-18(2)17(10-14)12-19(13-17)16(20)15-6-4-5-7-15/h6,14H,3-5,7-13H2,1-2H3. The molecular weight excluding hydrogens is 264 g/mol. The highest BCUT2D eigenvalue weighted by molar-refractivity contribution is 5.94. The minimum atomic E-state index is 0.217. The van der Waals surface area contributed by atoms with Crippen LogP contribution in [0.4, 0.5) is 0 Å². The Bertz CT molecular complexity index is 425. The summed E-state index contributed by atoms with van der Waals surface area (Å²) in [7, 11) is 2.22. The zero-order valence-electron chi connectivity index (χ0n) is 13.4. The van der Waals surface area contributed by atoms with E-state index in [4.69, 9.17) is 4.74 Å². The number of hydrogen-bond donors (Lipinski definition) is 0. The van der Waals surface area contributed by atoms with Crippen LogP contribution < -0.4 is 0 Å². The van der Waals surface area contributed by atoms with Crippen molar-refractivity contribution in [1.82, 2.24) is 9.80 Å². The molecule has 118 valence electrons. The maximum atomic E-state index is 12.4. The van der Waals surface area contributed by atoms with Crippen LogP contribution in [0.2, 0.25) is 0 Å². The van der Waals surface area contributed by atoms with Crippen molar-refractivity contribution in [2.75, 3.05) is 39.9 Å². The van der Waals surface area contributed by atoms with Gasteiger partial charge in [0.15, 0.2) is 0 Å². The van der Waals surface area contributed by atoms with Crippen molar-refractivity contribution in [3.05, 3.63) is 11.6 Å². The van der Waals surface area contributed by atoms with Crippen LogP contribution in [0.25, 0.3) is 0 Å². The van der Waals surface area contributed by atoms with Gasteiger partial charge in [0, 0.05) is 31.9 Å². The van der Waals surface area contributed by atoms with Crippen molar-refractivity contribution in [3.63, 3.8) is 0 Å². The highest BCUT2D eigenvalue weighted by Gasteiger charge is 2.51. The second-order valence-corrected chi connectivity index (χ2v) is 6.95. The molecule has 0 N–H and O–H groups in total. The maximum absolute atomic E-state index is 12.4. The minimum absolute atomic E-state index is 0.217. The molecule has 0 bridgehead atoms.